The highest BCUT2D eigenvalue weighted by atomic mass is 35.5. The average Bonchev–Trinajstić information content (AvgIpc) is 3.36. The molecule has 0 radical (unpaired) electrons. The van der Waals surface area contributed by atoms with Crippen molar-refractivity contribution in [2.45, 2.75) is 16.5 Å². The Kier molecular flexibility index (Phi) is 6.00. The van der Waals surface area contributed by atoms with E-state index >= 15 is 0 Å². The minimum Gasteiger partial charge on any atom is -0.497 e. The van der Waals surface area contributed by atoms with E-state index in [0.29, 0.717) is 20.8 Å². The zero-order valence-corrected chi connectivity index (χ0v) is 18.6. The van der Waals surface area contributed by atoms with Gasteiger partial charge in [0.05, 0.1) is 18.0 Å². The topological polar surface area (TPSA) is 66.0 Å². The van der Waals surface area contributed by atoms with Crippen LogP contribution in [0.15, 0.2) is 57.3 Å². The van der Waals surface area contributed by atoms with Gasteiger partial charge in [0.25, 0.3) is 0 Å². The van der Waals surface area contributed by atoms with E-state index in [9.17, 15) is 0 Å². The fourth-order valence-corrected chi connectivity index (χ4v) is 5.17. The molecule has 0 saturated carbocycles. The molecule has 2 heterocycles. The van der Waals surface area contributed by atoms with Crippen molar-refractivity contribution in [2.75, 3.05) is 7.11 Å². The predicted molar refractivity (Wildman–Crippen MR) is 118 cm³/mol. The quantitative estimate of drug-likeness (QED) is 0.248. The number of hydrogen-bond donors (Lipinski definition) is 0. The smallest absolute Gasteiger partial charge is 0.247 e. The maximum absolute atomic E-state index is 5.96. The zero-order chi connectivity index (χ0) is 20.4. The molecule has 2 aromatic carbocycles. The highest BCUT2D eigenvalue weighted by Gasteiger charge is 2.19. The summed E-state index contributed by atoms with van der Waals surface area (Å²) in [5.41, 5.74) is 1.71. The van der Waals surface area contributed by atoms with E-state index in [1.54, 1.807) is 11.8 Å². The molecule has 2 aromatic heterocycles. The summed E-state index contributed by atoms with van der Waals surface area (Å²) in [7, 11) is 1.63. The number of rotatable bonds is 6. The van der Waals surface area contributed by atoms with Gasteiger partial charge in [0, 0.05) is 10.6 Å². The second kappa shape index (κ2) is 8.66. The largest absolute Gasteiger partial charge is 0.497 e. The zero-order valence-electron chi connectivity index (χ0n) is 15.4. The SMILES string of the molecule is COc1ccc(-c2nnc(C(C)Sc3nn(-c4ccc(Cl)cc4)c(=S)s3)o2)cc1. The minimum atomic E-state index is -0.0753. The molecule has 0 aliphatic rings. The number of benzene rings is 2. The lowest BCUT2D eigenvalue weighted by Crippen LogP contribution is -1.96. The van der Waals surface area contributed by atoms with Crippen LogP contribution in [0.4, 0.5) is 0 Å². The fraction of sp³-hybridized carbons (Fsp3) is 0.158. The Bertz CT molecular complexity index is 1170. The average molecular weight is 463 g/mol. The summed E-state index contributed by atoms with van der Waals surface area (Å²) in [6.45, 7) is 1.99. The van der Waals surface area contributed by atoms with Crippen LogP contribution >= 0.6 is 46.9 Å². The van der Waals surface area contributed by atoms with Crippen LogP contribution in [0.1, 0.15) is 18.1 Å². The van der Waals surface area contributed by atoms with Gasteiger partial charge in [0.15, 0.2) is 8.29 Å². The van der Waals surface area contributed by atoms with Gasteiger partial charge in [-0.3, -0.25) is 0 Å². The Morgan fingerprint density at radius 2 is 1.86 bits per heavy atom. The van der Waals surface area contributed by atoms with Crippen molar-refractivity contribution >= 4 is 46.9 Å². The maximum Gasteiger partial charge on any atom is 0.247 e. The fourth-order valence-electron chi connectivity index (χ4n) is 2.50. The lowest BCUT2D eigenvalue weighted by atomic mass is 10.2. The van der Waals surface area contributed by atoms with Gasteiger partial charge in [-0.25, -0.2) is 4.68 Å². The number of hydrogen-bond acceptors (Lipinski definition) is 8. The van der Waals surface area contributed by atoms with Crippen LogP contribution in [0.3, 0.4) is 0 Å². The van der Waals surface area contributed by atoms with Gasteiger partial charge in [0.1, 0.15) is 5.75 Å². The summed E-state index contributed by atoms with van der Waals surface area (Å²) in [5.74, 6) is 1.77. The van der Waals surface area contributed by atoms with Crippen LogP contribution < -0.4 is 4.74 Å². The van der Waals surface area contributed by atoms with E-state index in [2.05, 4.69) is 15.3 Å². The van der Waals surface area contributed by atoms with Gasteiger partial charge in [-0.2, -0.15) is 0 Å². The first kappa shape index (κ1) is 20.1. The molecule has 0 bridgehead atoms. The molecule has 4 rings (SSSR count). The maximum atomic E-state index is 5.96. The highest BCUT2D eigenvalue weighted by molar-refractivity contribution is 8.01. The van der Waals surface area contributed by atoms with E-state index < -0.39 is 0 Å². The van der Waals surface area contributed by atoms with Crippen LogP contribution in [-0.2, 0) is 0 Å². The Morgan fingerprint density at radius 1 is 1.14 bits per heavy atom. The van der Waals surface area contributed by atoms with Crippen molar-refractivity contribution in [2.24, 2.45) is 0 Å². The lowest BCUT2D eigenvalue weighted by molar-refractivity contribution is 0.415. The van der Waals surface area contributed by atoms with Crippen LogP contribution in [0, 0.1) is 3.95 Å². The van der Waals surface area contributed by atoms with Crippen molar-refractivity contribution in [3.05, 3.63) is 63.4 Å². The molecule has 10 heteroatoms. The lowest BCUT2D eigenvalue weighted by Gasteiger charge is -2.03. The predicted octanol–water partition coefficient (Wildman–Crippen LogP) is 6.23. The summed E-state index contributed by atoms with van der Waals surface area (Å²) < 4.78 is 14.2. The molecule has 0 amide bonds. The van der Waals surface area contributed by atoms with Gasteiger partial charge >= 0.3 is 0 Å². The summed E-state index contributed by atoms with van der Waals surface area (Å²) in [5, 5.41) is 13.5. The first-order valence-electron chi connectivity index (χ1n) is 8.54. The molecule has 0 aliphatic heterocycles. The summed E-state index contributed by atoms with van der Waals surface area (Å²) in [6, 6.07) is 14.9. The van der Waals surface area contributed by atoms with Crippen molar-refractivity contribution in [3.63, 3.8) is 0 Å². The van der Waals surface area contributed by atoms with Gasteiger partial charge in [0.2, 0.25) is 11.8 Å². The Hall–Kier alpha value is -2.20. The number of methoxy groups -OCH3 is 1. The number of aromatic nitrogens is 4. The molecule has 1 atom stereocenters. The minimum absolute atomic E-state index is 0.0753. The standard InChI is InChI=1S/C19H15ClN4O2S3/c1-11(16-21-22-17(26-16)12-3-9-15(25-2)10-4-12)28-18-23-24(19(27)29-18)14-7-5-13(20)6-8-14/h3-11H,1-2H3. The number of ether oxygens (including phenoxy) is 1. The second-order valence-electron chi connectivity index (χ2n) is 5.96. The summed E-state index contributed by atoms with van der Waals surface area (Å²) >= 11 is 14.4. The van der Waals surface area contributed by atoms with E-state index in [4.69, 9.17) is 33.0 Å². The number of thioether (sulfide) groups is 1. The van der Waals surface area contributed by atoms with Crippen molar-refractivity contribution < 1.29 is 9.15 Å². The molecule has 148 valence electrons. The third kappa shape index (κ3) is 4.53. The van der Waals surface area contributed by atoms with Crippen LogP contribution in [0.25, 0.3) is 17.1 Å². The van der Waals surface area contributed by atoms with E-state index in [0.717, 1.165) is 21.3 Å². The molecule has 6 nitrogen and oxygen atoms in total. The van der Waals surface area contributed by atoms with Crippen LogP contribution in [-0.4, -0.2) is 27.1 Å². The molecule has 0 saturated heterocycles. The van der Waals surface area contributed by atoms with Gasteiger partial charge in [-0.05, 0) is 67.7 Å². The second-order valence-corrected chi connectivity index (χ2v) is 9.60. The van der Waals surface area contributed by atoms with Gasteiger partial charge in [-0.15, -0.1) is 15.3 Å². The van der Waals surface area contributed by atoms with Crippen molar-refractivity contribution in [3.8, 4) is 22.9 Å². The summed E-state index contributed by atoms with van der Waals surface area (Å²) in [4.78, 5) is 0. The molecule has 0 N–H and O–H groups in total. The molecule has 29 heavy (non-hydrogen) atoms. The Balaban J connectivity index is 1.50. The molecule has 0 spiro atoms. The van der Waals surface area contributed by atoms with Gasteiger partial charge < -0.3 is 9.15 Å². The Morgan fingerprint density at radius 3 is 2.55 bits per heavy atom. The Labute approximate surface area is 185 Å². The van der Waals surface area contributed by atoms with E-state index in [1.165, 1.54) is 23.1 Å². The highest BCUT2D eigenvalue weighted by Crippen LogP contribution is 2.37. The molecular weight excluding hydrogens is 448 g/mol. The van der Waals surface area contributed by atoms with Crippen LogP contribution in [0.5, 0.6) is 5.75 Å². The molecule has 1 unspecified atom stereocenters. The first-order chi connectivity index (χ1) is 14.0. The van der Waals surface area contributed by atoms with Crippen molar-refractivity contribution in [1.82, 2.24) is 20.0 Å². The van der Waals surface area contributed by atoms with E-state index in [1.807, 2.05) is 55.5 Å². The number of nitrogens with zero attached hydrogens (tertiary/aromatic N) is 4. The third-order valence-electron chi connectivity index (χ3n) is 4.00. The number of halogens is 1. The van der Waals surface area contributed by atoms with Crippen molar-refractivity contribution in [1.29, 1.82) is 0 Å². The monoisotopic (exact) mass is 462 g/mol. The molecule has 0 aliphatic carbocycles. The first-order valence-corrected chi connectivity index (χ1v) is 11.0. The van der Waals surface area contributed by atoms with Gasteiger partial charge in [-0.1, -0.05) is 34.7 Å². The third-order valence-corrected chi connectivity index (χ3v) is 6.66. The van der Waals surface area contributed by atoms with E-state index in [-0.39, 0.29) is 5.25 Å². The molecule has 4 aromatic rings. The molecular formula is C19H15ClN4O2S3. The normalized spacial score (nSPS) is 12.1. The summed E-state index contributed by atoms with van der Waals surface area (Å²) in [6.07, 6.45) is 0. The molecule has 0 fully saturated rings. The van der Waals surface area contributed by atoms with Crippen LogP contribution in [0.2, 0.25) is 5.02 Å².